The summed E-state index contributed by atoms with van der Waals surface area (Å²) in [5.41, 5.74) is 2.00. The Labute approximate surface area is 125 Å². The topological polar surface area (TPSA) is 29.5 Å². The van der Waals surface area contributed by atoms with E-state index < -0.39 is 5.60 Å². The number of benzene rings is 2. The van der Waals surface area contributed by atoms with Crippen molar-refractivity contribution in [2.24, 2.45) is 0 Å². The third-order valence-electron chi connectivity index (χ3n) is 3.69. The Morgan fingerprint density at radius 3 is 2.48 bits per heavy atom. The quantitative estimate of drug-likeness (QED) is 0.924. The second-order valence-electron chi connectivity index (χ2n) is 5.70. The van der Waals surface area contributed by atoms with Crippen LogP contribution in [0.5, 0.6) is 5.75 Å². The standard InChI is InChI=1S/C18H21FO2/c1-12-9-13(2)17(16(10-12)21-4)18(3,20)11-14-7-5-6-8-15(14)19/h5-10,20H,11H2,1-4H3. The average Bonchev–Trinajstić information content (AvgIpc) is 2.39. The van der Waals surface area contributed by atoms with Crippen molar-refractivity contribution in [2.75, 3.05) is 7.11 Å². The molecule has 0 spiro atoms. The first-order valence-electron chi connectivity index (χ1n) is 6.96. The number of aliphatic hydroxyl groups is 1. The lowest BCUT2D eigenvalue weighted by atomic mass is 9.85. The molecule has 0 aliphatic rings. The monoisotopic (exact) mass is 288 g/mol. The number of halogens is 1. The average molecular weight is 288 g/mol. The molecule has 0 bridgehead atoms. The van der Waals surface area contributed by atoms with Gasteiger partial charge < -0.3 is 9.84 Å². The van der Waals surface area contributed by atoms with Gasteiger partial charge >= 0.3 is 0 Å². The minimum absolute atomic E-state index is 0.194. The highest BCUT2D eigenvalue weighted by atomic mass is 19.1. The number of hydrogen-bond acceptors (Lipinski definition) is 2. The van der Waals surface area contributed by atoms with Gasteiger partial charge in [0.1, 0.15) is 11.6 Å². The van der Waals surface area contributed by atoms with E-state index in [2.05, 4.69) is 0 Å². The Morgan fingerprint density at radius 2 is 1.86 bits per heavy atom. The molecule has 21 heavy (non-hydrogen) atoms. The molecule has 0 radical (unpaired) electrons. The predicted molar refractivity (Wildman–Crippen MR) is 82.1 cm³/mol. The fraction of sp³-hybridized carbons (Fsp3) is 0.333. The Kier molecular flexibility index (Phi) is 4.33. The number of hydrogen-bond donors (Lipinski definition) is 1. The lowest BCUT2D eigenvalue weighted by molar-refractivity contribution is 0.0533. The van der Waals surface area contributed by atoms with Crippen LogP contribution in [0, 0.1) is 19.7 Å². The molecule has 2 nitrogen and oxygen atoms in total. The van der Waals surface area contributed by atoms with Crippen molar-refractivity contribution in [1.82, 2.24) is 0 Å². The van der Waals surface area contributed by atoms with Gasteiger partial charge in [-0.25, -0.2) is 4.39 Å². The molecular formula is C18H21FO2. The fourth-order valence-corrected chi connectivity index (χ4v) is 2.88. The van der Waals surface area contributed by atoms with E-state index in [1.165, 1.54) is 6.07 Å². The maximum absolute atomic E-state index is 13.8. The normalized spacial score (nSPS) is 13.8. The second kappa shape index (κ2) is 5.86. The van der Waals surface area contributed by atoms with E-state index in [9.17, 15) is 9.50 Å². The molecule has 1 atom stereocenters. The Morgan fingerprint density at radius 1 is 1.19 bits per heavy atom. The Balaban J connectivity index is 2.47. The lowest BCUT2D eigenvalue weighted by Crippen LogP contribution is -2.27. The van der Waals surface area contributed by atoms with Crippen molar-refractivity contribution in [3.63, 3.8) is 0 Å². The zero-order chi connectivity index (χ0) is 15.6. The van der Waals surface area contributed by atoms with Gasteiger partial charge in [0.15, 0.2) is 0 Å². The summed E-state index contributed by atoms with van der Waals surface area (Å²) in [4.78, 5) is 0. The molecular weight excluding hydrogens is 267 g/mol. The molecule has 2 rings (SSSR count). The van der Waals surface area contributed by atoms with Crippen LogP contribution in [0.2, 0.25) is 0 Å². The lowest BCUT2D eigenvalue weighted by Gasteiger charge is -2.28. The van der Waals surface area contributed by atoms with Gasteiger partial charge in [-0.2, -0.15) is 0 Å². The van der Waals surface area contributed by atoms with E-state index in [4.69, 9.17) is 4.74 Å². The first-order valence-corrected chi connectivity index (χ1v) is 6.96. The smallest absolute Gasteiger partial charge is 0.126 e. The van der Waals surface area contributed by atoms with Gasteiger partial charge in [0, 0.05) is 12.0 Å². The molecule has 0 saturated heterocycles. The van der Waals surface area contributed by atoms with E-state index in [-0.39, 0.29) is 12.2 Å². The predicted octanol–water partition coefficient (Wildman–Crippen LogP) is 3.90. The third kappa shape index (κ3) is 3.24. The largest absolute Gasteiger partial charge is 0.496 e. The number of rotatable bonds is 4. The van der Waals surface area contributed by atoms with Gasteiger partial charge in [-0.15, -0.1) is 0 Å². The number of ether oxygens (including phenoxy) is 1. The van der Waals surface area contributed by atoms with E-state index in [0.717, 1.165) is 11.1 Å². The summed E-state index contributed by atoms with van der Waals surface area (Å²) < 4.78 is 19.2. The van der Waals surface area contributed by atoms with Gasteiger partial charge in [0.25, 0.3) is 0 Å². The highest BCUT2D eigenvalue weighted by Crippen LogP contribution is 2.36. The maximum atomic E-state index is 13.8. The van der Waals surface area contributed by atoms with E-state index in [0.29, 0.717) is 16.9 Å². The molecule has 0 saturated carbocycles. The zero-order valence-electron chi connectivity index (χ0n) is 12.9. The summed E-state index contributed by atoms with van der Waals surface area (Å²) >= 11 is 0. The molecule has 2 aromatic carbocycles. The highest BCUT2D eigenvalue weighted by Gasteiger charge is 2.30. The van der Waals surface area contributed by atoms with Crippen molar-refractivity contribution in [3.8, 4) is 5.75 Å². The molecule has 0 aliphatic heterocycles. The number of aryl methyl sites for hydroxylation is 2. The van der Waals surface area contributed by atoms with Gasteiger partial charge in [-0.1, -0.05) is 24.3 Å². The van der Waals surface area contributed by atoms with Gasteiger partial charge in [0.2, 0.25) is 0 Å². The van der Waals surface area contributed by atoms with Crippen LogP contribution in [0.4, 0.5) is 4.39 Å². The first kappa shape index (κ1) is 15.5. The van der Waals surface area contributed by atoms with Crippen molar-refractivity contribution < 1.29 is 14.2 Å². The minimum Gasteiger partial charge on any atom is -0.496 e. The summed E-state index contributed by atoms with van der Waals surface area (Å²) in [5, 5.41) is 10.9. The van der Waals surface area contributed by atoms with Crippen molar-refractivity contribution in [3.05, 3.63) is 64.5 Å². The van der Waals surface area contributed by atoms with E-state index in [1.807, 2.05) is 26.0 Å². The van der Waals surface area contributed by atoms with Crippen LogP contribution in [0.3, 0.4) is 0 Å². The summed E-state index contributed by atoms with van der Waals surface area (Å²) in [5.74, 6) is 0.329. The van der Waals surface area contributed by atoms with Crippen LogP contribution in [0.15, 0.2) is 36.4 Å². The summed E-state index contributed by atoms with van der Waals surface area (Å²) in [6.07, 6.45) is 0.194. The fourth-order valence-electron chi connectivity index (χ4n) is 2.88. The zero-order valence-corrected chi connectivity index (χ0v) is 12.9. The molecule has 0 aliphatic carbocycles. The minimum atomic E-state index is -1.20. The molecule has 1 N–H and O–H groups in total. The van der Waals surface area contributed by atoms with Crippen LogP contribution in [-0.4, -0.2) is 12.2 Å². The molecule has 2 aromatic rings. The maximum Gasteiger partial charge on any atom is 0.126 e. The van der Waals surface area contributed by atoms with E-state index >= 15 is 0 Å². The Hall–Kier alpha value is -1.87. The first-order chi connectivity index (χ1) is 9.85. The van der Waals surface area contributed by atoms with Gasteiger partial charge in [-0.3, -0.25) is 0 Å². The van der Waals surface area contributed by atoms with Crippen molar-refractivity contribution >= 4 is 0 Å². The molecule has 0 fully saturated rings. The summed E-state index contributed by atoms with van der Waals surface area (Å²) in [7, 11) is 1.58. The molecule has 0 aromatic heterocycles. The van der Waals surface area contributed by atoms with Crippen molar-refractivity contribution in [2.45, 2.75) is 32.8 Å². The Bertz CT molecular complexity index is 648. The molecule has 112 valence electrons. The summed E-state index contributed by atoms with van der Waals surface area (Å²) in [6, 6.07) is 10.4. The van der Waals surface area contributed by atoms with Crippen LogP contribution >= 0.6 is 0 Å². The van der Waals surface area contributed by atoms with Crippen LogP contribution in [0.25, 0.3) is 0 Å². The molecule has 0 heterocycles. The summed E-state index contributed by atoms with van der Waals surface area (Å²) in [6.45, 7) is 5.60. The van der Waals surface area contributed by atoms with Gasteiger partial charge in [-0.05, 0) is 49.6 Å². The van der Waals surface area contributed by atoms with Crippen LogP contribution in [0.1, 0.15) is 29.2 Å². The second-order valence-corrected chi connectivity index (χ2v) is 5.70. The highest BCUT2D eigenvalue weighted by molar-refractivity contribution is 5.47. The van der Waals surface area contributed by atoms with Crippen LogP contribution < -0.4 is 4.74 Å². The molecule has 0 amide bonds. The molecule has 1 unspecified atom stereocenters. The van der Waals surface area contributed by atoms with Gasteiger partial charge in [0.05, 0.1) is 12.7 Å². The molecule has 3 heteroatoms. The SMILES string of the molecule is COc1cc(C)cc(C)c1C(C)(O)Cc1ccccc1F. The van der Waals surface area contributed by atoms with Crippen LogP contribution in [-0.2, 0) is 12.0 Å². The third-order valence-corrected chi connectivity index (χ3v) is 3.69. The number of methoxy groups -OCH3 is 1. The van der Waals surface area contributed by atoms with E-state index in [1.54, 1.807) is 32.2 Å². The van der Waals surface area contributed by atoms with Crippen molar-refractivity contribution in [1.29, 1.82) is 0 Å².